The van der Waals surface area contributed by atoms with E-state index in [1.807, 2.05) is 0 Å². The SMILES string of the molecule is CC/C=C\C/C=C\C/C=C\C/C=C\C/C=C\CCCCCCCCCCCCCCCCCCCCCCCCCCCC(=O)OC(COC(=O)CCCCCCCCC/C=C\CCCCCCCC)COP(=O)(O)OCCN. The first-order chi connectivity index (χ1) is 38.8. The number of nitrogens with two attached hydrogens (primary N) is 1. The Hall–Kier alpha value is -2.55. The van der Waals surface area contributed by atoms with Gasteiger partial charge in [0.05, 0.1) is 13.2 Å². The van der Waals surface area contributed by atoms with Crippen LogP contribution in [0, 0.1) is 0 Å². The predicted octanol–water partition coefficient (Wildman–Crippen LogP) is 21.6. The van der Waals surface area contributed by atoms with Gasteiger partial charge < -0.3 is 20.1 Å². The van der Waals surface area contributed by atoms with Gasteiger partial charge in [-0.1, -0.05) is 299 Å². The second-order valence-electron chi connectivity index (χ2n) is 22.3. The average Bonchev–Trinajstić information content (AvgIpc) is 3.44. The molecular formula is C69H126NO8P. The van der Waals surface area contributed by atoms with Gasteiger partial charge in [-0.2, -0.15) is 0 Å². The molecule has 0 amide bonds. The molecule has 0 radical (unpaired) electrons. The van der Waals surface area contributed by atoms with Crippen LogP contribution in [0.4, 0.5) is 0 Å². The van der Waals surface area contributed by atoms with Crippen molar-refractivity contribution in [1.82, 2.24) is 0 Å². The number of ether oxygens (including phenoxy) is 2. The van der Waals surface area contributed by atoms with Gasteiger partial charge in [0, 0.05) is 19.4 Å². The molecule has 0 fully saturated rings. The van der Waals surface area contributed by atoms with Crippen LogP contribution in [-0.4, -0.2) is 49.3 Å². The van der Waals surface area contributed by atoms with Gasteiger partial charge in [-0.25, -0.2) is 4.57 Å². The van der Waals surface area contributed by atoms with Crippen LogP contribution < -0.4 is 5.73 Å². The van der Waals surface area contributed by atoms with Crippen LogP contribution >= 0.6 is 7.82 Å². The molecule has 0 aliphatic rings. The zero-order valence-electron chi connectivity index (χ0n) is 51.6. The number of phosphoric ester groups is 1. The van der Waals surface area contributed by atoms with E-state index in [-0.39, 0.29) is 38.6 Å². The smallest absolute Gasteiger partial charge is 0.462 e. The van der Waals surface area contributed by atoms with Crippen LogP contribution in [0.1, 0.15) is 322 Å². The van der Waals surface area contributed by atoms with E-state index < -0.39 is 26.5 Å². The fourth-order valence-electron chi connectivity index (χ4n) is 9.66. The topological polar surface area (TPSA) is 134 Å². The minimum absolute atomic E-state index is 0.0536. The average molecular weight is 1130 g/mol. The number of unbranched alkanes of at least 4 members (excludes halogenated alkanes) is 38. The monoisotopic (exact) mass is 1130 g/mol. The lowest BCUT2D eigenvalue weighted by molar-refractivity contribution is -0.161. The minimum atomic E-state index is -4.39. The maximum absolute atomic E-state index is 12.7. The predicted molar refractivity (Wildman–Crippen MR) is 339 cm³/mol. The zero-order chi connectivity index (χ0) is 57.3. The van der Waals surface area contributed by atoms with Crippen molar-refractivity contribution in [3.63, 3.8) is 0 Å². The zero-order valence-corrected chi connectivity index (χ0v) is 52.5. The lowest BCUT2D eigenvalue weighted by atomic mass is 10.0. The van der Waals surface area contributed by atoms with Gasteiger partial charge in [-0.3, -0.25) is 18.6 Å². The number of carbonyl (C=O) groups excluding carboxylic acids is 2. The molecule has 0 bridgehead atoms. The van der Waals surface area contributed by atoms with E-state index in [9.17, 15) is 19.0 Å². The van der Waals surface area contributed by atoms with Gasteiger partial charge in [0.1, 0.15) is 6.61 Å². The normalized spacial score (nSPS) is 13.4. The third kappa shape index (κ3) is 64.5. The van der Waals surface area contributed by atoms with Crippen LogP contribution in [0.25, 0.3) is 0 Å². The molecule has 2 unspecified atom stereocenters. The summed E-state index contributed by atoms with van der Waals surface area (Å²) < 4.78 is 33.1. The fraction of sp³-hybridized carbons (Fsp3) is 0.797. The molecule has 0 aliphatic heterocycles. The molecule has 0 saturated carbocycles. The molecule has 0 aromatic rings. The Labute approximate surface area is 488 Å². The Kier molecular flexibility index (Phi) is 62.5. The van der Waals surface area contributed by atoms with Crippen LogP contribution in [-0.2, 0) is 32.7 Å². The molecule has 0 heterocycles. The van der Waals surface area contributed by atoms with Crippen molar-refractivity contribution >= 4 is 19.8 Å². The van der Waals surface area contributed by atoms with Gasteiger partial charge in [0.15, 0.2) is 6.10 Å². The fourth-order valence-corrected chi connectivity index (χ4v) is 10.4. The van der Waals surface area contributed by atoms with Crippen LogP contribution in [0.15, 0.2) is 72.9 Å². The molecule has 0 rings (SSSR count). The molecule has 10 heteroatoms. The first kappa shape index (κ1) is 76.5. The summed E-state index contributed by atoms with van der Waals surface area (Å²) in [6, 6.07) is 0. The number of hydrogen-bond donors (Lipinski definition) is 2. The third-order valence-electron chi connectivity index (χ3n) is 14.6. The number of rotatable bonds is 63. The van der Waals surface area contributed by atoms with E-state index in [4.69, 9.17) is 24.3 Å². The molecule has 3 N–H and O–H groups in total. The number of carbonyl (C=O) groups is 2. The van der Waals surface area contributed by atoms with Crippen molar-refractivity contribution in [3.05, 3.63) is 72.9 Å². The highest BCUT2D eigenvalue weighted by molar-refractivity contribution is 7.47. The summed E-state index contributed by atoms with van der Waals surface area (Å²) >= 11 is 0. The molecule has 0 aliphatic carbocycles. The molecule has 0 aromatic heterocycles. The van der Waals surface area contributed by atoms with Gasteiger partial charge in [0.25, 0.3) is 0 Å². The van der Waals surface area contributed by atoms with Gasteiger partial charge >= 0.3 is 19.8 Å². The molecule has 0 aromatic carbocycles. The summed E-state index contributed by atoms with van der Waals surface area (Å²) in [7, 11) is -4.39. The molecule has 0 spiro atoms. The number of phosphoric acid groups is 1. The number of hydrogen-bond acceptors (Lipinski definition) is 8. The quantitative estimate of drug-likeness (QED) is 0.0264. The molecule has 460 valence electrons. The Morgan fingerprint density at radius 3 is 1.05 bits per heavy atom. The van der Waals surface area contributed by atoms with Crippen molar-refractivity contribution in [1.29, 1.82) is 0 Å². The Bertz CT molecular complexity index is 1520. The second-order valence-corrected chi connectivity index (χ2v) is 23.8. The lowest BCUT2D eigenvalue weighted by Gasteiger charge is -2.19. The minimum Gasteiger partial charge on any atom is -0.462 e. The summed E-state index contributed by atoms with van der Waals surface area (Å²) in [4.78, 5) is 35.2. The molecular weight excluding hydrogens is 1000 g/mol. The Morgan fingerprint density at radius 2 is 0.696 bits per heavy atom. The van der Waals surface area contributed by atoms with Crippen molar-refractivity contribution in [2.75, 3.05) is 26.4 Å². The molecule has 79 heavy (non-hydrogen) atoms. The maximum atomic E-state index is 12.7. The van der Waals surface area contributed by atoms with Gasteiger partial charge in [-0.15, -0.1) is 0 Å². The highest BCUT2D eigenvalue weighted by atomic mass is 31.2. The van der Waals surface area contributed by atoms with Crippen molar-refractivity contribution in [2.45, 2.75) is 328 Å². The molecule has 0 saturated heterocycles. The van der Waals surface area contributed by atoms with Gasteiger partial charge in [-0.05, 0) is 83.5 Å². The van der Waals surface area contributed by atoms with Crippen LogP contribution in [0.5, 0.6) is 0 Å². The van der Waals surface area contributed by atoms with Crippen molar-refractivity contribution in [3.8, 4) is 0 Å². The van der Waals surface area contributed by atoms with E-state index in [2.05, 4.69) is 86.8 Å². The lowest BCUT2D eigenvalue weighted by Crippen LogP contribution is -2.29. The van der Waals surface area contributed by atoms with E-state index in [1.165, 1.54) is 212 Å². The summed E-state index contributed by atoms with van der Waals surface area (Å²) in [6.45, 7) is 3.66. The first-order valence-electron chi connectivity index (χ1n) is 33.4. The van der Waals surface area contributed by atoms with E-state index in [0.717, 1.165) is 77.0 Å². The van der Waals surface area contributed by atoms with E-state index in [0.29, 0.717) is 6.42 Å². The highest BCUT2D eigenvalue weighted by Crippen LogP contribution is 2.43. The summed E-state index contributed by atoms with van der Waals surface area (Å²) in [5.74, 6) is -0.819. The van der Waals surface area contributed by atoms with E-state index >= 15 is 0 Å². The summed E-state index contributed by atoms with van der Waals surface area (Å²) in [5.41, 5.74) is 5.39. The standard InChI is InChI=1S/C69H126NO8P/c1-3-5-7-9-11-13-15-17-19-21-22-23-24-25-26-27-28-29-30-31-32-33-34-35-36-37-38-39-40-41-42-43-44-46-48-50-52-54-56-58-60-62-69(72)78-67(66-77-79(73,74)76-64-63-70)65-75-68(71)61-59-57-55-53-51-49-47-45-20-18-16-14-12-10-8-6-4-2/h5,7,11,13,17-20,22-23,25-26,67H,3-4,6,8-10,12,14-16,21,24,27-66,70H2,1-2H3,(H,73,74)/b7-5-,13-11-,19-17-,20-18-,23-22-,26-25-. The number of esters is 2. The Balaban J connectivity index is 3.76. The molecule has 2 atom stereocenters. The van der Waals surface area contributed by atoms with Crippen molar-refractivity contribution in [2.24, 2.45) is 5.73 Å². The van der Waals surface area contributed by atoms with Crippen molar-refractivity contribution < 1.29 is 37.6 Å². The summed E-state index contributed by atoms with van der Waals surface area (Å²) in [6.07, 6.45) is 84.3. The molecule has 9 nitrogen and oxygen atoms in total. The third-order valence-corrected chi connectivity index (χ3v) is 15.6. The highest BCUT2D eigenvalue weighted by Gasteiger charge is 2.26. The second kappa shape index (κ2) is 64.6. The maximum Gasteiger partial charge on any atom is 0.472 e. The van der Waals surface area contributed by atoms with E-state index in [1.54, 1.807) is 0 Å². The first-order valence-corrected chi connectivity index (χ1v) is 34.9. The van der Waals surface area contributed by atoms with Gasteiger partial charge in [0.2, 0.25) is 0 Å². The van der Waals surface area contributed by atoms with Crippen LogP contribution in [0.2, 0.25) is 0 Å². The Morgan fingerprint density at radius 1 is 0.392 bits per heavy atom. The summed E-state index contributed by atoms with van der Waals surface area (Å²) in [5, 5.41) is 0. The van der Waals surface area contributed by atoms with Crippen LogP contribution in [0.3, 0.4) is 0 Å². The largest absolute Gasteiger partial charge is 0.472 e. The number of allylic oxidation sites excluding steroid dienone is 12.